The van der Waals surface area contributed by atoms with Gasteiger partial charge in [-0.25, -0.2) is 30.7 Å². The molecule has 3 nitrogen and oxygen atoms in total. The van der Waals surface area contributed by atoms with Gasteiger partial charge >= 0.3 is 11.8 Å². The summed E-state index contributed by atoms with van der Waals surface area (Å²) in [4.78, 5) is 21.4. The van der Waals surface area contributed by atoms with Crippen LogP contribution in [0.3, 0.4) is 0 Å². The molecule has 0 bridgehead atoms. The molecule has 2 rings (SSSR count). The maximum absolute atomic E-state index is 13.6. The van der Waals surface area contributed by atoms with Crippen molar-refractivity contribution < 1.29 is 63.0 Å². The normalized spacial score (nSPS) is 13.7. The van der Waals surface area contributed by atoms with Crippen molar-refractivity contribution in [3.05, 3.63) is 67.1 Å². The van der Waals surface area contributed by atoms with Crippen molar-refractivity contribution in [2.45, 2.75) is 50.8 Å². The number of Topliss-reactive ketones (excluding diaryl/α,β-unsaturated/α-hetero) is 2. The fourth-order valence-electron chi connectivity index (χ4n) is 2.74. The standard InChI is InChI=1S/C11H7BrF6O.C11H8BrF5O2/c1-4(19)11(17,18)9(14)5-2-3-6(13)7(8(5)12)10(15)16;1-4(18)11(16,17)9(19)5-2-3-6(13)7(8(5)12)10(14)15/h2-3,9-10H,1H3;2-3,9-10,19H,1H3. The summed E-state index contributed by atoms with van der Waals surface area (Å²) in [6.07, 6.45) is -12.4. The summed E-state index contributed by atoms with van der Waals surface area (Å²) >= 11 is 5.02. The topological polar surface area (TPSA) is 54.4 Å². The highest BCUT2D eigenvalue weighted by Crippen LogP contribution is 2.43. The third-order valence-electron chi connectivity index (χ3n) is 4.92. The number of aliphatic hydroxyl groups excluding tert-OH is 1. The highest BCUT2D eigenvalue weighted by Gasteiger charge is 2.47. The van der Waals surface area contributed by atoms with Crippen LogP contribution in [0.1, 0.15) is 61.2 Å². The Morgan fingerprint density at radius 3 is 1.39 bits per heavy atom. The minimum atomic E-state index is -4.38. The van der Waals surface area contributed by atoms with Gasteiger partial charge in [-0.2, -0.15) is 17.6 Å². The number of rotatable bonds is 8. The molecule has 0 aliphatic heterocycles. The van der Waals surface area contributed by atoms with Gasteiger partial charge in [-0.15, -0.1) is 0 Å². The average Bonchev–Trinajstić information content (AvgIpc) is 2.78. The van der Waals surface area contributed by atoms with E-state index in [0.717, 1.165) is 0 Å². The molecule has 0 spiro atoms. The largest absolute Gasteiger partial charge is 0.382 e. The maximum Gasteiger partial charge on any atom is 0.339 e. The lowest BCUT2D eigenvalue weighted by Gasteiger charge is -2.22. The van der Waals surface area contributed by atoms with E-state index in [4.69, 9.17) is 0 Å². The second-order valence-electron chi connectivity index (χ2n) is 7.45. The van der Waals surface area contributed by atoms with Gasteiger partial charge in [-0.1, -0.05) is 12.1 Å². The van der Waals surface area contributed by atoms with Gasteiger partial charge in [0.1, 0.15) is 11.6 Å². The molecule has 212 valence electrons. The maximum atomic E-state index is 13.6. The van der Waals surface area contributed by atoms with Gasteiger partial charge in [0.2, 0.25) is 11.6 Å². The first-order valence-electron chi connectivity index (χ1n) is 9.82. The predicted molar refractivity (Wildman–Crippen MR) is 118 cm³/mol. The molecule has 0 saturated heterocycles. The fraction of sp³-hybridized carbons (Fsp3) is 0.364. The van der Waals surface area contributed by atoms with Gasteiger partial charge in [0.05, 0.1) is 11.1 Å². The Labute approximate surface area is 224 Å². The van der Waals surface area contributed by atoms with E-state index < -0.39 is 91.4 Å². The van der Waals surface area contributed by atoms with Crippen molar-refractivity contribution in [3.8, 4) is 0 Å². The lowest BCUT2D eigenvalue weighted by molar-refractivity contribution is -0.159. The Balaban J connectivity index is 0.000000380. The van der Waals surface area contributed by atoms with Crippen LogP contribution < -0.4 is 0 Å². The molecule has 0 aromatic heterocycles. The third kappa shape index (κ3) is 7.11. The van der Waals surface area contributed by atoms with Crippen molar-refractivity contribution in [1.82, 2.24) is 0 Å². The quantitative estimate of drug-likeness (QED) is 0.282. The summed E-state index contributed by atoms with van der Waals surface area (Å²) in [6, 6.07) is 2.28. The predicted octanol–water partition coefficient (Wildman–Crippen LogP) is 8.54. The number of alkyl halides is 9. The molecule has 16 heteroatoms. The summed E-state index contributed by atoms with van der Waals surface area (Å²) in [7, 11) is 0. The highest BCUT2D eigenvalue weighted by atomic mass is 79.9. The first-order chi connectivity index (χ1) is 17.2. The summed E-state index contributed by atoms with van der Waals surface area (Å²) in [5, 5.41) is 9.43. The van der Waals surface area contributed by atoms with Crippen LogP contribution in [0.2, 0.25) is 0 Å². The van der Waals surface area contributed by atoms with E-state index in [-0.39, 0.29) is 0 Å². The van der Waals surface area contributed by atoms with Crippen molar-refractivity contribution in [3.63, 3.8) is 0 Å². The smallest absolute Gasteiger partial charge is 0.339 e. The number of carbonyl (C=O) groups excluding carboxylic acids is 2. The van der Waals surface area contributed by atoms with Crippen molar-refractivity contribution in [1.29, 1.82) is 0 Å². The molecule has 2 aromatic carbocycles. The van der Waals surface area contributed by atoms with Gasteiger partial charge < -0.3 is 5.11 Å². The average molecular weight is 696 g/mol. The first-order valence-corrected chi connectivity index (χ1v) is 11.4. The molecule has 0 amide bonds. The Morgan fingerprint density at radius 2 is 1.05 bits per heavy atom. The molecular weight excluding hydrogens is 681 g/mol. The highest BCUT2D eigenvalue weighted by molar-refractivity contribution is 9.10. The van der Waals surface area contributed by atoms with Crippen molar-refractivity contribution in [2.75, 3.05) is 0 Å². The number of ketones is 2. The van der Waals surface area contributed by atoms with Gasteiger partial charge in [-0.05, 0) is 44.0 Å². The zero-order chi connectivity index (χ0) is 29.9. The summed E-state index contributed by atoms with van der Waals surface area (Å²) in [5.41, 5.74) is -3.95. The van der Waals surface area contributed by atoms with E-state index in [1.807, 2.05) is 0 Å². The summed E-state index contributed by atoms with van der Waals surface area (Å²) in [6.45, 7) is 1.02. The fourth-order valence-corrected chi connectivity index (χ4v) is 4.15. The Hall–Kier alpha value is -2.07. The summed E-state index contributed by atoms with van der Waals surface area (Å²) < 4.78 is 142. The second-order valence-corrected chi connectivity index (χ2v) is 9.04. The molecule has 2 atom stereocenters. The first kappa shape index (κ1) is 34.0. The van der Waals surface area contributed by atoms with E-state index in [0.29, 0.717) is 38.1 Å². The molecule has 2 unspecified atom stereocenters. The van der Waals surface area contributed by atoms with Crippen molar-refractivity contribution >= 4 is 43.4 Å². The van der Waals surface area contributed by atoms with Gasteiger partial charge in [0, 0.05) is 33.9 Å². The van der Waals surface area contributed by atoms with Crippen LogP contribution in [0.4, 0.5) is 48.3 Å². The lowest BCUT2D eigenvalue weighted by Crippen LogP contribution is -2.34. The summed E-state index contributed by atoms with van der Waals surface area (Å²) in [5.74, 6) is -14.6. The molecule has 1 N–H and O–H groups in total. The molecule has 0 radical (unpaired) electrons. The monoisotopic (exact) mass is 694 g/mol. The molecule has 38 heavy (non-hydrogen) atoms. The van der Waals surface area contributed by atoms with Gasteiger partial charge in [-0.3, -0.25) is 9.59 Å². The molecule has 0 saturated carbocycles. The Bertz CT molecular complexity index is 1100. The van der Waals surface area contributed by atoms with Crippen LogP contribution in [-0.4, -0.2) is 28.5 Å². The van der Waals surface area contributed by atoms with Crippen molar-refractivity contribution in [2.24, 2.45) is 0 Å². The minimum Gasteiger partial charge on any atom is -0.382 e. The van der Waals surface area contributed by atoms with Crippen LogP contribution in [0.25, 0.3) is 0 Å². The molecule has 0 fully saturated rings. The van der Waals surface area contributed by atoms with Gasteiger partial charge in [0.15, 0.2) is 12.3 Å². The number of benzene rings is 2. The second kappa shape index (κ2) is 12.9. The molecule has 0 heterocycles. The molecular formula is C22H15Br2F11O3. The van der Waals surface area contributed by atoms with Gasteiger partial charge in [0.25, 0.3) is 12.9 Å². The Morgan fingerprint density at radius 1 is 0.711 bits per heavy atom. The zero-order valence-corrected chi connectivity index (χ0v) is 22.0. The molecule has 2 aromatic rings. The SMILES string of the molecule is CC(=O)C(F)(F)C(F)c1ccc(F)c(C(F)F)c1Br.CC(=O)C(F)(F)C(O)c1ccc(F)c(C(F)F)c1Br. The van der Waals surface area contributed by atoms with E-state index in [1.54, 1.807) is 0 Å². The van der Waals surface area contributed by atoms with E-state index >= 15 is 0 Å². The lowest BCUT2D eigenvalue weighted by atomic mass is 9.99. The van der Waals surface area contributed by atoms with E-state index in [2.05, 4.69) is 31.9 Å². The molecule has 0 aliphatic rings. The number of hydrogen-bond acceptors (Lipinski definition) is 3. The number of hydrogen-bond donors (Lipinski definition) is 1. The van der Waals surface area contributed by atoms with Crippen LogP contribution in [0.15, 0.2) is 33.2 Å². The molecule has 0 aliphatic carbocycles. The van der Waals surface area contributed by atoms with Crippen LogP contribution >= 0.6 is 31.9 Å². The number of carbonyl (C=O) groups is 2. The van der Waals surface area contributed by atoms with E-state index in [9.17, 15) is 63.0 Å². The third-order valence-corrected chi connectivity index (χ3v) is 6.69. The van der Waals surface area contributed by atoms with Crippen LogP contribution in [0, 0.1) is 11.6 Å². The number of halogens is 13. The minimum absolute atomic E-state index is 0.449. The van der Waals surface area contributed by atoms with Crippen LogP contribution in [0.5, 0.6) is 0 Å². The van der Waals surface area contributed by atoms with Crippen LogP contribution in [-0.2, 0) is 9.59 Å². The van der Waals surface area contributed by atoms with E-state index in [1.165, 1.54) is 0 Å². The Kier molecular flexibility index (Phi) is 11.5. The number of aliphatic hydroxyl groups is 1. The zero-order valence-electron chi connectivity index (χ0n) is 18.8.